The lowest BCUT2D eigenvalue weighted by Crippen LogP contribution is -2.44. The molecule has 16 heavy (non-hydrogen) atoms. The minimum atomic E-state index is -0.914. The molecule has 1 spiro atoms. The van der Waals surface area contributed by atoms with E-state index in [9.17, 15) is 4.79 Å². The van der Waals surface area contributed by atoms with Gasteiger partial charge in [0.1, 0.15) is 0 Å². The Hall–Kier alpha value is -0.650. The number of ether oxygens (including phenoxy) is 3. The summed E-state index contributed by atoms with van der Waals surface area (Å²) in [7, 11) is 0. The smallest absolute Gasteiger partial charge is 0.332 e. The molecule has 0 bridgehead atoms. The predicted octanol–water partition coefficient (Wildman–Crippen LogP) is 0.814. The highest BCUT2D eigenvalue weighted by molar-refractivity contribution is 5.71. The number of carbonyl (C=O) groups is 1. The molecule has 0 aliphatic carbocycles. The minimum absolute atomic E-state index is 0.0263. The van der Waals surface area contributed by atoms with Crippen molar-refractivity contribution in [2.45, 2.75) is 44.0 Å². The van der Waals surface area contributed by atoms with Crippen LogP contribution in [-0.4, -0.2) is 48.7 Å². The average molecular weight is 230 g/mol. The quantitative estimate of drug-likeness (QED) is 0.777. The second kappa shape index (κ2) is 4.69. The van der Waals surface area contributed by atoms with Crippen LogP contribution in [0.3, 0.4) is 0 Å². The molecule has 5 nitrogen and oxygen atoms in total. The molecule has 2 heterocycles. The Labute approximate surface area is 94.7 Å². The number of aliphatic carboxylic acids is 1. The highest BCUT2D eigenvalue weighted by atomic mass is 16.6. The van der Waals surface area contributed by atoms with E-state index in [0.29, 0.717) is 13.2 Å². The number of carboxylic acid groups (broad SMARTS) is 1. The van der Waals surface area contributed by atoms with Gasteiger partial charge in [0, 0.05) is 26.1 Å². The van der Waals surface area contributed by atoms with E-state index in [2.05, 4.69) is 0 Å². The van der Waals surface area contributed by atoms with E-state index >= 15 is 0 Å². The van der Waals surface area contributed by atoms with Crippen molar-refractivity contribution in [1.29, 1.82) is 0 Å². The first-order valence-electron chi connectivity index (χ1n) is 5.71. The molecule has 2 aliphatic heterocycles. The average Bonchev–Trinajstić information content (AvgIpc) is 2.66. The standard InChI is InChI=1S/C11H18O5/c1-8(10(12)13)16-9-2-4-15-11(6-9)3-5-14-7-11/h8-9H,2-7H2,1H3,(H,12,13)/t8-,9?,11?/m1/s1. The van der Waals surface area contributed by atoms with Crippen LogP contribution >= 0.6 is 0 Å². The van der Waals surface area contributed by atoms with Gasteiger partial charge in [-0.2, -0.15) is 0 Å². The summed E-state index contributed by atoms with van der Waals surface area (Å²) in [5.74, 6) is -0.914. The van der Waals surface area contributed by atoms with Crippen molar-refractivity contribution in [3.05, 3.63) is 0 Å². The molecule has 92 valence electrons. The molecule has 2 fully saturated rings. The Kier molecular flexibility index (Phi) is 3.47. The zero-order valence-corrected chi connectivity index (χ0v) is 9.48. The van der Waals surface area contributed by atoms with E-state index in [1.165, 1.54) is 0 Å². The zero-order chi connectivity index (χ0) is 11.6. The van der Waals surface area contributed by atoms with Crippen LogP contribution < -0.4 is 0 Å². The van der Waals surface area contributed by atoms with Crippen molar-refractivity contribution >= 4 is 5.97 Å². The Morgan fingerprint density at radius 2 is 2.38 bits per heavy atom. The monoisotopic (exact) mass is 230 g/mol. The van der Waals surface area contributed by atoms with E-state index in [1.54, 1.807) is 6.92 Å². The van der Waals surface area contributed by atoms with E-state index in [4.69, 9.17) is 19.3 Å². The van der Waals surface area contributed by atoms with E-state index in [0.717, 1.165) is 25.9 Å². The maximum atomic E-state index is 10.7. The Morgan fingerprint density at radius 3 is 3.00 bits per heavy atom. The predicted molar refractivity (Wildman–Crippen MR) is 55.3 cm³/mol. The first-order valence-corrected chi connectivity index (χ1v) is 5.71. The number of hydrogen-bond donors (Lipinski definition) is 1. The Bertz CT molecular complexity index is 259. The molecule has 5 heteroatoms. The highest BCUT2D eigenvalue weighted by Crippen LogP contribution is 2.34. The van der Waals surface area contributed by atoms with E-state index in [1.807, 2.05) is 0 Å². The summed E-state index contributed by atoms with van der Waals surface area (Å²) in [4.78, 5) is 10.7. The Morgan fingerprint density at radius 1 is 1.56 bits per heavy atom. The molecule has 1 N–H and O–H groups in total. The lowest BCUT2D eigenvalue weighted by Gasteiger charge is -2.37. The van der Waals surface area contributed by atoms with Gasteiger partial charge in [0.15, 0.2) is 6.10 Å². The molecule has 0 aromatic carbocycles. The maximum Gasteiger partial charge on any atom is 0.332 e. The van der Waals surface area contributed by atoms with Crippen molar-refractivity contribution in [3.8, 4) is 0 Å². The first-order chi connectivity index (χ1) is 7.61. The van der Waals surface area contributed by atoms with Crippen LogP contribution in [0, 0.1) is 0 Å². The summed E-state index contributed by atoms with van der Waals surface area (Å²) in [5, 5.41) is 8.79. The van der Waals surface area contributed by atoms with Crippen LogP contribution in [0.2, 0.25) is 0 Å². The maximum absolute atomic E-state index is 10.7. The fourth-order valence-corrected chi connectivity index (χ4v) is 2.31. The lowest BCUT2D eigenvalue weighted by molar-refractivity contribution is -0.169. The Balaban J connectivity index is 1.89. The lowest BCUT2D eigenvalue weighted by atomic mass is 9.91. The topological polar surface area (TPSA) is 65.0 Å². The molecule has 2 rings (SSSR count). The summed E-state index contributed by atoms with van der Waals surface area (Å²) in [6.07, 6.45) is 1.61. The second-order valence-electron chi connectivity index (χ2n) is 4.57. The largest absolute Gasteiger partial charge is 0.479 e. The van der Waals surface area contributed by atoms with Gasteiger partial charge in [0.2, 0.25) is 0 Å². The highest BCUT2D eigenvalue weighted by Gasteiger charge is 2.42. The minimum Gasteiger partial charge on any atom is -0.479 e. The fraction of sp³-hybridized carbons (Fsp3) is 0.909. The number of carboxylic acids is 1. The van der Waals surface area contributed by atoms with E-state index < -0.39 is 12.1 Å². The summed E-state index contributed by atoms with van der Waals surface area (Å²) < 4.78 is 16.6. The molecule has 0 aromatic heterocycles. The van der Waals surface area contributed by atoms with Gasteiger partial charge in [-0.15, -0.1) is 0 Å². The van der Waals surface area contributed by atoms with Crippen molar-refractivity contribution in [2.75, 3.05) is 19.8 Å². The third-order valence-corrected chi connectivity index (χ3v) is 3.26. The molecule has 2 unspecified atom stereocenters. The second-order valence-corrected chi connectivity index (χ2v) is 4.57. The van der Waals surface area contributed by atoms with Gasteiger partial charge in [-0.3, -0.25) is 0 Å². The third-order valence-electron chi connectivity index (χ3n) is 3.26. The molecule has 0 amide bonds. The van der Waals surface area contributed by atoms with Crippen LogP contribution in [0.4, 0.5) is 0 Å². The SMILES string of the molecule is C[C@@H](OC1CCOC2(CCOC2)C1)C(=O)O. The van der Waals surface area contributed by atoms with Gasteiger partial charge < -0.3 is 19.3 Å². The van der Waals surface area contributed by atoms with Gasteiger partial charge in [-0.1, -0.05) is 0 Å². The molecular formula is C11H18O5. The summed E-state index contributed by atoms with van der Waals surface area (Å²) in [6.45, 7) is 3.52. The van der Waals surface area contributed by atoms with Gasteiger partial charge >= 0.3 is 5.97 Å². The summed E-state index contributed by atoms with van der Waals surface area (Å²) in [6, 6.07) is 0. The molecule has 0 saturated carbocycles. The van der Waals surface area contributed by atoms with Gasteiger partial charge in [-0.05, 0) is 13.3 Å². The van der Waals surface area contributed by atoms with Crippen LogP contribution in [-0.2, 0) is 19.0 Å². The molecule has 3 atom stereocenters. The van der Waals surface area contributed by atoms with Gasteiger partial charge in [-0.25, -0.2) is 4.79 Å². The third kappa shape index (κ3) is 2.53. The molecule has 2 saturated heterocycles. The van der Waals surface area contributed by atoms with Crippen LogP contribution in [0.25, 0.3) is 0 Å². The molecular weight excluding hydrogens is 212 g/mol. The van der Waals surface area contributed by atoms with Crippen LogP contribution in [0.1, 0.15) is 26.2 Å². The summed E-state index contributed by atoms with van der Waals surface area (Å²) in [5.41, 5.74) is -0.221. The summed E-state index contributed by atoms with van der Waals surface area (Å²) >= 11 is 0. The molecule has 0 radical (unpaired) electrons. The molecule has 2 aliphatic rings. The molecule has 0 aromatic rings. The normalized spacial score (nSPS) is 36.4. The van der Waals surface area contributed by atoms with Crippen LogP contribution in [0.5, 0.6) is 0 Å². The van der Waals surface area contributed by atoms with Crippen molar-refractivity contribution < 1.29 is 24.1 Å². The van der Waals surface area contributed by atoms with Gasteiger partial charge in [0.05, 0.1) is 18.3 Å². The fourth-order valence-electron chi connectivity index (χ4n) is 2.31. The van der Waals surface area contributed by atoms with Crippen molar-refractivity contribution in [2.24, 2.45) is 0 Å². The van der Waals surface area contributed by atoms with Crippen molar-refractivity contribution in [3.63, 3.8) is 0 Å². The number of rotatable bonds is 3. The van der Waals surface area contributed by atoms with Crippen molar-refractivity contribution in [1.82, 2.24) is 0 Å². The van der Waals surface area contributed by atoms with Crippen LogP contribution in [0.15, 0.2) is 0 Å². The zero-order valence-electron chi connectivity index (χ0n) is 9.48. The van der Waals surface area contributed by atoms with Gasteiger partial charge in [0.25, 0.3) is 0 Å². The first kappa shape index (κ1) is 11.8. The number of hydrogen-bond acceptors (Lipinski definition) is 4. The van der Waals surface area contributed by atoms with E-state index in [-0.39, 0.29) is 11.7 Å².